The molecule has 1 aromatic carbocycles. The standard InChI is InChI=1S/C20H27F3N6O2S/c1-3-28-12-16(11-26-28)32(30,31)29-7-6-27(5-4-20(21,22)23)19(13-29)17-9-15(10-24)18(25)8-14(17)2/h8-12,19,24H,3-7,13,25H2,1-2H3. The Hall–Kier alpha value is -2.44. The fourth-order valence-electron chi connectivity index (χ4n) is 3.90. The zero-order valence-electron chi connectivity index (χ0n) is 17.9. The van der Waals surface area contributed by atoms with Crippen LogP contribution in [0.4, 0.5) is 18.9 Å². The molecule has 1 aromatic heterocycles. The lowest BCUT2D eigenvalue weighted by Crippen LogP contribution is -2.51. The zero-order valence-corrected chi connectivity index (χ0v) is 18.7. The van der Waals surface area contributed by atoms with Crippen LogP contribution in [0.5, 0.6) is 0 Å². The van der Waals surface area contributed by atoms with Gasteiger partial charge in [-0.3, -0.25) is 9.58 Å². The van der Waals surface area contributed by atoms with E-state index in [1.807, 2.05) is 6.92 Å². The molecule has 32 heavy (non-hydrogen) atoms. The molecule has 2 heterocycles. The van der Waals surface area contributed by atoms with Gasteiger partial charge in [0.05, 0.1) is 12.6 Å². The van der Waals surface area contributed by atoms with E-state index in [0.717, 1.165) is 11.8 Å². The molecule has 0 amide bonds. The summed E-state index contributed by atoms with van der Waals surface area (Å²) in [5.41, 5.74) is 8.15. The minimum Gasteiger partial charge on any atom is -0.398 e. The van der Waals surface area contributed by atoms with Gasteiger partial charge in [-0.2, -0.15) is 22.6 Å². The maximum Gasteiger partial charge on any atom is 0.390 e. The van der Waals surface area contributed by atoms with Crippen LogP contribution in [-0.4, -0.2) is 66.0 Å². The van der Waals surface area contributed by atoms with Crippen LogP contribution in [0.15, 0.2) is 29.4 Å². The highest BCUT2D eigenvalue weighted by Gasteiger charge is 2.38. The number of rotatable bonds is 7. The van der Waals surface area contributed by atoms with Crippen LogP contribution < -0.4 is 5.73 Å². The third-order valence-corrected chi connectivity index (χ3v) is 7.51. The number of benzene rings is 1. The largest absolute Gasteiger partial charge is 0.398 e. The van der Waals surface area contributed by atoms with E-state index >= 15 is 0 Å². The Labute approximate surface area is 185 Å². The number of aromatic nitrogens is 2. The van der Waals surface area contributed by atoms with Gasteiger partial charge in [0, 0.05) is 62.4 Å². The summed E-state index contributed by atoms with van der Waals surface area (Å²) >= 11 is 0. The monoisotopic (exact) mass is 472 g/mol. The summed E-state index contributed by atoms with van der Waals surface area (Å²) in [5.74, 6) is 0. The topological polar surface area (TPSA) is 108 Å². The van der Waals surface area contributed by atoms with Gasteiger partial charge in [-0.05, 0) is 37.1 Å². The second-order valence-electron chi connectivity index (χ2n) is 7.79. The van der Waals surface area contributed by atoms with Crippen molar-refractivity contribution in [2.45, 2.75) is 43.9 Å². The van der Waals surface area contributed by atoms with Crippen LogP contribution >= 0.6 is 0 Å². The average molecular weight is 473 g/mol. The Morgan fingerprint density at radius 1 is 1.31 bits per heavy atom. The van der Waals surface area contributed by atoms with Crippen LogP contribution in [0.1, 0.15) is 36.1 Å². The van der Waals surface area contributed by atoms with E-state index in [1.54, 1.807) is 24.0 Å². The van der Waals surface area contributed by atoms with Gasteiger partial charge in [0.1, 0.15) is 4.90 Å². The summed E-state index contributed by atoms with van der Waals surface area (Å²) in [6.45, 7) is 4.08. The number of sulfonamides is 1. The molecule has 0 radical (unpaired) electrons. The van der Waals surface area contributed by atoms with Crippen molar-refractivity contribution in [1.82, 2.24) is 19.0 Å². The van der Waals surface area contributed by atoms with Crippen molar-refractivity contribution in [3.8, 4) is 0 Å². The Bertz CT molecular complexity index is 1080. The average Bonchev–Trinajstić information content (AvgIpc) is 3.22. The summed E-state index contributed by atoms with van der Waals surface area (Å²) in [7, 11) is -3.86. The number of halogens is 3. The molecule has 0 spiro atoms. The van der Waals surface area contributed by atoms with Crippen molar-refractivity contribution in [2.75, 3.05) is 31.9 Å². The van der Waals surface area contributed by atoms with Gasteiger partial charge < -0.3 is 11.1 Å². The molecule has 3 rings (SSSR count). The normalized spacial score (nSPS) is 18.7. The Balaban J connectivity index is 1.97. The van der Waals surface area contributed by atoms with Crippen molar-refractivity contribution in [3.05, 3.63) is 41.2 Å². The Morgan fingerprint density at radius 2 is 2.03 bits per heavy atom. The lowest BCUT2D eigenvalue weighted by Gasteiger charge is -2.41. The lowest BCUT2D eigenvalue weighted by molar-refractivity contribution is -0.140. The van der Waals surface area contributed by atoms with E-state index in [1.165, 1.54) is 21.4 Å². The molecule has 1 atom stereocenters. The van der Waals surface area contributed by atoms with Crippen molar-refractivity contribution in [2.24, 2.45) is 0 Å². The number of hydrogen-bond donors (Lipinski definition) is 2. The van der Waals surface area contributed by atoms with Gasteiger partial charge in [0.15, 0.2) is 0 Å². The number of alkyl halides is 3. The summed E-state index contributed by atoms with van der Waals surface area (Å²) in [4.78, 5) is 1.71. The molecule has 1 fully saturated rings. The molecule has 8 nitrogen and oxygen atoms in total. The van der Waals surface area contributed by atoms with E-state index in [0.29, 0.717) is 23.4 Å². The summed E-state index contributed by atoms with van der Waals surface area (Å²) in [5, 5.41) is 11.6. The third-order valence-electron chi connectivity index (χ3n) is 5.69. The number of aryl methyl sites for hydroxylation is 2. The summed E-state index contributed by atoms with van der Waals surface area (Å²) in [6, 6.07) is 2.71. The van der Waals surface area contributed by atoms with E-state index in [2.05, 4.69) is 5.10 Å². The maximum absolute atomic E-state index is 13.2. The molecule has 1 aliphatic rings. The van der Waals surface area contributed by atoms with Gasteiger partial charge in [0.2, 0.25) is 10.0 Å². The molecule has 176 valence electrons. The van der Waals surface area contributed by atoms with E-state index in [4.69, 9.17) is 11.1 Å². The second-order valence-corrected chi connectivity index (χ2v) is 9.73. The molecule has 0 saturated carbocycles. The molecular weight excluding hydrogens is 445 g/mol. The van der Waals surface area contributed by atoms with E-state index in [-0.39, 0.29) is 31.1 Å². The molecule has 1 saturated heterocycles. The van der Waals surface area contributed by atoms with Crippen molar-refractivity contribution in [3.63, 3.8) is 0 Å². The highest BCUT2D eigenvalue weighted by Crippen LogP contribution is 2.33. The van der Waals surface area contributed by atoms with Gasteiger partial charge in [-0.15, -0.1) is 0 Å². The molecule has 2 aromatic rings. The fourth-order valence-corrected chi connectivity index (χ4v) is 5.29. The molecular formula is C20H27F3N6O2S. The maximum atomic E-state index is 13.2. The molecule has 12 heteroatoms. The van der Waals surface area contributed by atoms with Crippen LogP contribution in [0, 0.1) is 12.3 Å². The minimum atomic E-state index is -4.32. The van der Waals surface area contributed by atoms with Crippen LogP contribution in [0.2, 0.25) is 0 Å². The van der Waals surface area contributed by atoms with Gasteiger partial charge in [0.25, 0.3) is 0 Å². The number of anilines is 1. The number of piperazine rings is 1. The van der Waals surface area contributed by atoms with E-state index < -0.39 is 28.7 Å². The smallest absolute Gasteiger partial charge is 0.390 e. The van der Waals surface area contributed by atoms with Gasteiger partial charge >= 0.3 is 6.18 Å². The number of nitrogen functional groups attached to an aromatic ring is 1. The Morgan fingerprint density at radius 3 is 2.62 bits per heavy atom. The quantitative estimate of drug-likeness (QED) is 0.476. The first-order valence-corrected chi connectivity index (χ1v) is 11.6. The summed E-state index contributed by atoms with van der Waals surface area (Å²) < 4.78 is 68.0. The van der Waals surface area contributed by atoms with E-state index in [9.17, 15) is 21.6 Å². The van der Waals surface area contributed by atoms with Crippen LogP contribution in [0.25, 0.3) is 0 Å². The molecule has 3 N–H and O–H groups in total. The highest BCUT2D eigenvalue weighted by atomic mass is 32.2. The van der Waals surface area contributed by atoms with Crippen molar-refractivity contribution in [1.29, 1.82) is 5.41 Å². The third kappa shape index (κ3) is 5.13. The molecule has 1 unspecified atom stereocenters. The number of nitrogens with zero attached hydrogens (tertiary/aromatic N) is 4. The minimum absolute atomic E-state index is 0.0142. The van der Waals surface area contributed by atoms with Gasteiger partial charge in [-0.25, -0.2) is 8.42 Å². The van der Waals surface area contributed by atoms with Crippen molar-refractivity contribution < 1.29 is 21.6 Å². The number of hydrogen-bond acceptors (Lipinski definition) is 6. The number of nitrogens with two attached hydrogens (primary N) is 1. The highest BCUT2D eigenvalue weighted by molar-refractivity contribution is 7.89. The molecule has 1 aliphatic heterocycles. The van der Waals surface area contributed by atoms with Crippen molar-refractivity contribution >= 4 is 21.9 Å². The lowest BCUT2D eigenvalue weighted by atomic mass is 9.95. The first-order valence-electron chi connectivity index (χ1n) is 10.2. The Kier molecular flexibility index (Phi) is 6.96. The van der Waals surface area contributed by atoms with Gasteiger partial charge in [-0.1, -0.05) is 0 Å². The molecule has 0 bridgehead atoms. The second kappa shape index (κ2) is 9.20. The van der Waals surface area contributed by atoms with Crippen LogP contribution in [-0.2, 0) is 16.6 Å². The predicted octanol–water partition coefficient (Wildman–Crippen LogP) is 2.79. The van der Waals surface area contributed by atoms with Crippen LogP contribution in [0.3, 0.4) is 0 Å². The number of nitrogens with one attached hydrogen (secondary N) is 1. The molecule has 0 aliphatic carbocycles. The predicted molar refractivity (Wildman–Crippen MR) is 115 cm³/mol. The fraction of sp³-hybridized carbons (Fsp3) is 0.500. The summed E-state index contributed by atoms with van der Waals surface area (Å²) in [6.07, 6.45) is -1.51. The zero-order chi connectivity index (χ0) is 23.7. The first kappa shape index (κ1) is 24.2. The SMILES string of the molecule is CCn1cc(S(=O)(=O)N2CCN(CCC(F)(F)F)C(c3cc(C=N)c(N)cc3C)C2)cn1. The first-order chi connectivity index (χ1) is 15.0.